The van der Waals surface area contributed by atoms with E-state index < -0.39 is 0 Å². The second kappa shape index (κ2) is 6.87. The molecule has 124 valence electrons. The maximum atomic E-state index is 11.9. The van der Waals surface area contributed by atoms with Gasteiger partial charge in [-0.05, 0) is 55.2 Å². The fraction of sp³-hybridized carbons (Fsp3) is 0.300. The van der Waals surface area contributed by atoms with Gasteiger partial charge in [0.2, 0.25) is 11.8 Å². The molecular formula is C20H22N2O2. The Balaban J connectivity index is 1.95. The predicted molar refractivity (Wildman–Crippen MR) is 97.1 cm³/mol. The van der Waals surface area contributed by atoms with Crippen molar-refractivity contribution in [3.63, 3.8) is 0 Å². The highest BCUT2D eigenvalue weighted by atomic mass is 16.3. The van der Waals surface area contributed by atoms with Crippen molar-refractivity contribution >= 4 is 22.7 Å². The molecule has 4 heteroatoms. The van der Waals surface area contributed by atoms with Gasteiger partial charge in [-0.15, -0.1) is 0 Å². The molecule has 0 radical (unpaired) electrons. The van der Waals surface area contributed by atoms with E-state index in [9.17, 15) is 4.79 Å². The number of amides is 1. The molecule has 2 aromatic carbocycles. The third kappa shape index (κ3) is 3.32. The van der Waals surface area contributed by atoms with Gasteiger partial charge >= 0.3 is 0 Å². The van der Waals surface area contributed by atoms with Crippen LogP contribution in [0.1, 0.15) is 37.8 Å². The van der Waals surface area contributed by atoms with Crippen molar-refractivity contribution in [2.45, 2.75) is 40.0 Å². The monoisotopic (exact) mass is 322 g/mol. The van der Waals surface area contributed by atoms with Gasteiger partial charge in [-0.3, -0.25) is 4.79 Å². The van der Waals surface area contributed by atoms with Crippen molar-refractivity contribution in [2.24, 2.45) is 0 Å². The number of aryl methyl sites for hydroxylation is 2. The number of nitrogens with zero attached hydrogens (tertiary/aromatic N) is 1. The van der Waals surface area contributed by atoms with E-state index >= 15 is 0 Å². The molecule has 0 spiro atoms. The topological polar surface area (TPSA) is 55.1 Å². The Bertz CT molecular complexity index is 880. The molecule has 0 aliphatic heterocycles. The van der Waals surface area contributed by atoms with Crippen LogP contribution in [0.5, 0.6) is 0 Å². The van der Waals surface area contributed by atoms with Crippen molar-refractivity contribution in [1.29, 1.82) is 0 Å². The minimum atomic E-state index is 0.0305. The molecule has 0 atom stereocenters. The van der Waals surface area contributed by atoms with E-state index in [1.165, 1.54) is 5.56 Å². The third-order valence-corrected chi connectivity index (χ3v) is 4.10. The number of benzene rings is 2. The summed E-state index contributed by atoms with van der Waals surface area (Å²) in [4.78, 5) is 16.5. The van der Waals surface area contributed by atoms with Crippen LogP contribution < -0.4 is 5.32 Å². The fourth-order valence-electron chi connectivity index (χ4n) is 2.65. The number of anilines is 1. The Kier molecular flexibility index (Phi) is 4.65. The summed E-state index contributed by atoms with van der Waals surface area (Å²) < 4.78 is 5.88. The van der Waals surface area contributed by atoms with E-state index in [1.807, 2.05) is 38.1 Å². The van der Waals surface area contributed by atoms with Crippen LogP contribution in [0.4, 0.5) is 5.69 Å². The van der Waals surface area contributed by atoms with Crippen LogP contribution in [0.25, 0.3) is 22.6 Å². The van der Waals surface area contributed by atoms with Gasteiger partial charge in [-0.25, -0.2) is 4.98 Å². The number of aromatic nitrogens is 1. The lowest BCUT2D eigenvalue weighted by molar-refractivity contribution is -0.116. The first kappa shape index (κ1) is 16.2. The van der Waals surface area contributed by atoms with Crippen molar-refractivity contribution in [2.75, 3.05) is 5.32 Å². The lowest BCUT2D eigenvalue weighted by atomic mass is 10.1. The molecule has 1 N–H and O–H groups in total. The number of hydrogen-bond donors (Lipinski definition) is 1. The molecule has 0 aliphatic rings. The summed E-state index contributed by atoms with van der Waals surface area (Å²) in [6.45, 7) is 6.09. The standard InChI is InChI=1S/C20H22N2O2/c1-4-6-19(23)21-16-12-15(9-7-13(16)3)20-22-17-11-14(5-2)8-10-18(17)24-20/h7-12H,4-6H2,1-3H3,(H,21,23). The Morgan fingerprint density at radius 2 is 2.00 bits per heavy atom. The first-order valence-electron chi connectivity index (χ1n) is 8.41. The number of fused-ring (bicyclic) bond motifs is 1. The summed E-state index contributed by atoms with van der Waals surface area (Å²) in [5.74, 6) is 0.604. The minimum Gasteiger partial charge on any atom is -0.436 e. The highest BCUT2D eigenvalue weighted by molar-refractivity contribution is 5.92. The van der Waals surface area contributed by atoms with Gasteiger partial charge < -0.3 is 9.73 Å². The largest absolute Gasteiger partial charge is 0.436 e. The average molecular weight is 322 g/mol. The second-order valence-electron chi connectivity index (χ2n) is 6.00. The third-order valence-electron chi connectivity index (χ3n) is 4.10. The summed E-state index contributed by atoms with van der Waals surface area (Å²) >= 11 is 0. The Morgan fingerprint density at radius 3 is 2.75 bits per heavy atom. The van der Waals surface area contributed by atoms with Gasteiger partial charge in [0.1, 0.15) is 5.52 Å². The van der Waals surface area contributed by atoms with E-state index in [-0.39, 0.29) is 5.91 Å². The van der Waals surface area contributed by atoms with Gasteiger partial charge in [0, 0.05) is 17.7 Å². The molecule has 4 nitrogen and oxygen atoms in total. The SMILES string of the molecule is CCCC(=O)Nc1cc(-c2nc3cc(CC)ccc3o2)ccc1C. The number of rotatable bonds is 5. The van der Waals surface area contributed by atoms with E-state index in [1.54, 1.807) is 0 Å². The minimum absolute atomic E-state index is 0.0305. The zero-order valence-electron chi connectivity index (χ0n) is 14.3. The second-order valence-corrected chi connectivity index (χ2v) is 6.00. The molecule has 1 amide bonds. The summed E-state index contributed by atoms with van der Waals surface area (Å²) in [7, 11) is 0. The molecule has 1 heterocycles. The number of carbonyl (C=O) groups excluding carboxylic acids is 1. The maximum absolute atomic E-state index is 11.9. The average Bonchev–Trinajstić information content (AvgIpc) is 3.00. The lowest BCUT2D eigenvalue weighted by Gasteiger charge is -2.09. The number of nitrogens with one attached hydrogen (secondary N) is 1. The van der Waals surface area contributed by atoms with Crippen molar-refractivity contribution in [1.82, 2.24) is 4.98 Å². The van der Waals surface area contributed by atoms with Crippen LogP contribution in [-0.2, 0) is 11.2 Å². The quantitative estimate of drug-likeness (QED) is 0.710. The summed E-state index contributed by atoms with van der Waals surface area (Å²) in [5, 5.41) is 2.96. The van der Waals surface area contributed by atoms with E-state index in [0.29, 0.717) is 12.3 Å². The molecule has 0 bridgehead atoms. The van der Waals surface area contributed by atoms with E-state index in [2.05, 4.69) is 29.4 Å². The Hall–Kier alpha value is -2.62. The molecule has 3 aromatic rings. The lowest BCUT2D eigenvalue weighted by Crippen LogP contribution is -2.11. The smallest absolute Gasteiger partial charge is 0.227 e. The molecule has 0 saturated heterocycles. The van der Waals surface area contributed by atoms with Crippen LogP contribution >= 0.6 is 0 Å². The van der Waals surface area contributed by atoms with Crippen LogP contribution in [0, 0.1) is 6.92 Å². The molecule has 24 heavy (non-hydrogen) atoms. The van der Waals surface area contributed by atoms with Crippen LogP contribution in [-0.4, -0.2) is 10.9 Å². The number of carbonyl (C=O) groups is 1. The zero-order valence-corrected chi connectivity index (χ0v) is 14.3. The highest BCUT2D eigenvalue weighted by Crippen LogP contribution is 2.28. The molecular weight excluding hydrogens is 300 g/mol. The number of hydrogen-bond acceptors (Lipinski definition) is 3. The molecule has 0 saturated carbocycles. The first-order chi connectivity index (χ1) is 11.6. The van der Waals surface area contributed by atoms with E-state index in [4.69, 9.17) is 4.42 Å². The summed E-state index contributed by atoms with van der Waals surface area (Å²) in [6, 6.07) is 11.9. The molecule has 0 unspecified atom stereocenters. The van der Waals surface area contributed by atoms with Gasteiger partial charge in [0.05, 0.1) is 0 Å². The number of oxazole rings is 1. The normalized spacial score (nSPS) is 11.0. The van der Waals surface area contributed by atoms with Crippen LogP contribution in [0.3, 0.4) is 0 Å². The van der Waals surface area contributed by atoms with Gasteiger partial charge in [0.15, 0.2) is 5.58 Å². The zero-order chi connectivity index (χ0) is 17.1. The molecule has 0 aliphatic carbocycles. The Labute approximate surface area is 141 Å². The highest BCUT2D eigenvalue weighted by Gasteiger charge is 2.11. The van der Waals surface area contributed by atoms with Crippen LogP contribution in [0.2, 0.25) is 0 Å². The summed E-state index contributed by atoms with van der Waals surface area (Å²) in [6.07, 6.45) is 2.32. The Morgan fingerprint density at radius 1 is 1.17 bits per heavy atom. The van der Waals surface area contributed by atoms with Crippen molar-refractivity contribution in [3.8, 4) is 11.5 Å². The van der Waals surface area contributed by atoms with Crippen LogP contribution in [0.15, 0.2) is 40.8 Å². The van der Waals surface area contributed by atoms with E-state index in [0.717, 1.165) is 40.8 Å². The fourth-order valence-corrected chi connectivity index (χ4v) is 2.65. The maximum Gasteiger partial charge on any atom is 0.227 e. The molecule has 3 rings (SSSR count). The summed E-state index contributed by atoms with van der Waals surface area (Å²) in [5.41, 5.74) is 5.57. The van der Waals surface area contributed by atoms with Gasteiger partial charge in [0.25, 0.3) is 0 Å². The predicted octanol–water partition coefficient (Wildman–Crippen LogP) is 5.10. The van der Waals surface area contributed by atoms with Gasteiger partial charge in [-0.1, -0.05) is 26.0 Å². The first-order valence-corrected chi connectivity index (χ1v) is 8.41. The van der Waals surface area contributed by atoms with Crippen molar-refractivity contribution in [3.05, 3.63) is 47.5 Å². The molecule has 1 aromatic heterocycles. The van der Waals surface area contributed by atoms with Gasteiger partial charge in [-0.2, -0.15) is 0 Å². The molecule has 0 fully saturated rings. The van der Waals surface area contributed by atoms with Crippen molar-refractivity contribution < 1.29 is 9.21 Å².